The minimum Gasteiger partial charge on any atom is -0.489 e. The van der Waals surface area contributed by atoms with Crippen LogP contribution < -0.4 is 10.5 Å². The lowest BCUT2D eigenvalue weighted by Crippen LogP contribution is -2.26. The monoisotopic (exact) mass is 302 g/mol. The molecule has 1 aliphatic heterocycles. The summed E-state index contributed by atoms with van der Waals surface area (Å²) in [6.07, 6.45) is 1.48. The highest BCUT2D eigenvalue weighted by atomic mass is 32.2. The quantitative estimate of drug-likeness (QED) is 0.875. The first-order chi connectivity index (χ1) is 10.1. The molecule has 1 heterocycles. The molecule has 3 rings (SSSR count). The maximum atomic E-state index is 12.6. The topological polar surface area (TPSA) is 67.2 Å². The standard InChI is InChI=1S/C16H16NO3S/c17-11-13-8-6-12-7-9-15(10-16(12)20-13)21(18,19)14-4-2-1-3-5-14/h1-5,7,9-10,13,17H,6,8,11H2/t13-/m1/s1. The molecule has 1 N–H and O–H groups in total. The molecule has 0 saturated carbocycles. The van der Waals surface area contributed by atoms with Crippen LogP contribution >= 0.6 is 0 Å². The predicted molar refractivity (Wildman–Crippen MR) is 79.0 cm³/mol. The molecule has 1 aliphatic rings. The third kappa shape index (κ3) is 2.66. The second-order valence-electron chi connectivity index (χ2n) is 5.07. The molecule has 2 aromatic carbocycles. The number of benzene rings is 2. The van der Waals surface area contributed by atoms with Gasteiger partial charge in [0.05, 0.1) is 9.79 Å². The average molecular weight is 302 g/mol. The van der Waals surface area contributed by atoms with E-state index in [1.165, 1.54) is 0 Å². The molecule has 1 atom stereocenters. The number of rotatable bonds is 3. The van der Waals surface area contributed by atoms with Crippen LogP contribution in [0.2, 0.25) is 0 Å². The van der Waals surface area contributed by atoms with Crippen molar-refractivity contribution in [3.05, 3.63) is 54.1 Å². The molecule has 21 heavy (non-hydrogen) atoms. The third-order valence-corrected chi connectivity index (χ3v) is 5.43. The van der Waals surface area contributed by atoms with Crippen LogP contribution in [-0.2, 0) is 16.3 Å². The smallest absolute Gasteiger partial charge is 0.206 e. The second kappa shape index (κ2) is 5.50. The Morgan fingerprint density at radius 1 is 1.10 bits per heavy atom. The van der Waals surface area contributed by atoms with Crippen LogP contribution in [0, 0.1) is 0 Å². The minimum absolute atomic E-state index is 0.146. The van der Waals surface area contributed by atoms with Gasteiger partial charge in [-0.1, -0.05) is 24.3 Å². The molecule has 5 heteroatoms. The minimum atomic E-state index is -3.52. The van der Waals surface area contributed by atoms with E-state index >= 15 is 0 Å². The first-order valence-corrected chi connectivity index (χ1v) is 8.34. The van der Waals surface area contributed by atoms with E-state index in [1.807, 2.05) is 6.07 Å². The molecular formula is C16H16NO3S. The van der Waals surface area contributed by atoms with Crippen molar-refractivity contribution in [1.29, 1.82) is 0 Å². The number of sulfone groups is 1. The number of nitrogens with one attached hydrogen (secondary N) is 1. The van der Waals surface area contributed by atoms with Crippen molar-refractivity contribution in [1.82, 2.24) is 5.73 Å². The number of hydrogen-bond acceptors (Lipinski definition) is 3. The average Bonchev–Trinajstić information content (AvgIpc) is 2.54. The predicted octanol–water partition coefficient (Wildman–Crippen LogP) is 2.50. The van der Waals surface area contributed by atoms with Crippen LogP contribution in [-0.4, -0.2) is 21.1 Å². The number of fused-ring (bicyclic) bond motifs is 1. The summed E-state index contributed by atoms with van der Waals surface area (Å²) in [4.78, 5) is 0.510. The van der Waals surface area contributed by atoms with Gasteiger partial charge in [0.15, 0.2) is 0 Å². The van der Waals surface area contributed by atoms with Gasteiger partial charge >= 0.3 is 0 Å². The Morgan fingerprint density at radius 2 is 1.86 bits per heavy atom. The summed E-state index contributed by atoms with van der Waals surface area (Å²) in [5.74, 6) is 0.593. The second-order valence-corrected chi connectivity index (χ2v) is 7.02. The Kier molecular flexibility index (Phi) is 3.69. The fourth-order valence-corrected chi connectivity index (χ4v) is 3.75. The lowest BCUT2D eigenvalue weighted by Gasteiger charge is -2.25. The van der Waals surface area contributed by atoms with Crippen LogP contribution in [0.15, 0.2) is 58.3 Å². The van der Waals surface area contributed by atoms with Crippen LogP contribution in [0.1, 0.15) is 12.0 Å². The van der Waals surface area contributed by atoms with Gasteiger partial charge in [0.25, 0.3) is 0 Å². The summed E-state index contributed by atoms with van der Waals surface area (Å²) in [5.41, 5.74) is 8.41. The zero-order chi connectivity index (χ0) is 14.9. The molecule has 2 aromatic rings. The molecule has 0 aromatic heterocycles. The number of aryl methyl sites for hydroxylation is 1. The maximum absolute atomic E-state index is 12.6. The Labute approximate surface area is 124 Å². The number of hydrogen-bond donors (Lipinski definition) is 0. The number of ether oxygens (including phenoxy) is 1. The molecule has 0 saturated heterocycles. The van der Waals surface area contributed by atoms with Gasteiger partial charge in [-0.2, -0.15) is 0 Å². The zero-order valence-corrected chi connectivity index (χ0v) is 12.3. The van der Waals surface area contributed by atoms with E-state index in [-0.39, 0.29) is 22.4 Å². The Bertz CT molecular complexity index is 741. The Balaban J connectivity index is 2.01. The van der Waals surface area contributed by atoms with Crippen LogP contribution in [0.3, 0.4) is 0 Å². The van der Waals surface area contributed by atoms with Crippen molar-refractivity contribution in [3.63, 3.8) is 0 Å². The van der Waals surface area contributed by atoms with Crippen molar-refractivity contribution in [2.75, 3.05) is 6.54 Å². The zero-order valence-electron chi connectivity index (χ0n) is 11.5. The molecule has 109 valence electrons. The van der Waals surface area contributed by atoms with Gasteiger partial charge in [0.1, 0.15) is 11.9 Å². The molecule has 0 fully saturated rings. The summed E-state index contributed by atoms with van der Waals surface area (Å²) in [6.45, 7) is 0.190. The van der Waals surface area contributed by atoms with E-state index in [1.54, 1.807) is 42.5 Å². The fourth-order valence-electron chi connectivity index (χ4n) is 2.45. The van der Waals surface area contributed by atoms with Crippen LogP contribution in [0.5, 0.6) is 5.75 Å². The molecule has 4 nitrogen and oxygen atoms in total. The highest BCUT2D eigenvalue weighted by molar-refractivity contribution is 7.91. The highest BCUT2D eigenvalue weighted by Crippen LogP contribution is 2.31. The first kappa shape index (κ1) is 14.1. The van der Waals surface area contributed by atoms with Crippen LogP contribution in [0.4, 0.5) is 0 Å². The summed E-state index contributed by atoms with van der Waals surface area (Å²) >= 11 is 0. The molecule has 0 aliphatic carbocycles. The van der Waals surface area contributed by atoms with E-state index < -0.39 is 9.84 Å². The summed E-state index contributed by atoms with van der Waals surface area (Å²) in [5, 5.41) is 0. The summed E-state index contributed by atoms with van der Waals surface area (Å²) < 4.78 is 30.9. The van der Waals surface area contributed by atoms with E-state index in [4.69, 9.17) is 10.5 Å². The third-order valence-electron chi connectivity index (χ3n) is 3.66. The van der Waals surface area contributed by atoms with Gasteiger partial charge < -0.3 is 4.74 Å². The Morgan fingerprint density at radius 3 is 2.57 bits per heavy atom. The lowest BCUT2D eigenvalue weighted by atomic mass is 10.0. The van der Waals surface area contributed by atoms with Crippen molar-refractivity contribution < 1.29 is 13.2 Å². The van der Waals surface area contributed by atoms with E-state index in [0.717, 1.165) is 18.4 Å². The van der Waals surface area contributed by atoms with Gasteiger partial charge in [-0.25, -0.2) is 8.42 Å². The molecule has 0 amide bonds. The van der Waals surface area contributed by atoms with Crippen LogP contribution in [0.25, 0.3) is 0 Å². The van der Waals surface area contributed by atoms with Crippen molar-refractivity contribution >= 4 is 9.84 Å². The highest BCUT2D eigenvalue weighted by Gasteiger charge is 2.23. The SMILES string of the molecule is [NH]C[C@H]1CCc2ccc(S(=O)(=O)c3ccccc3)cc2O1. The largest absolute Gasteiger partial charge is 0.489 e. The van der Waals surface area contributed by atoms with E-state index in [9.17, 15) is 8.42 Å². The maximum Gasteiger partial charge on any atom is 0.206 e. The summed E-state index contributed by atoms with van der Waals surface area (Å²) in [7, 11) is -3.52. The summed E-state index contributed by atoms with van der Waals surface area (Å²) in [6, 6.07) is 13.4. The molecular weight excluding hydrogens is 286 g/mol. The van der Waals surface area contributed by atoms with E-state index in [0.29, 0.717) is 5.75 Å². The van der Waals surface area contributed by atoms with Gasteiger partial charge in [-0.05, 0) is 42.7 Å². The van der Waals surface area contributed by atoms with Gasteiger partial charge in [0.2, 0.25) is 9.84 Å². The fraction of sp³-hybridized carbons (Fsp3) is 0.250. The van der Waals surface area contributed by atoms with E-state index in [2.05, 4.69) is 0 Å². The first-order valence-electron chi connectivity index (χ1n) is 6.85. The molecule has 0 spiro atoms. The molecule has 0 unspecified atom stereocenters. The van der Waals surface area contributed by atoms with Crippen molar-refractivity contribution in [3.8, 4) is 5.75 Å². The molecule has 0 bridgehead atoms. The van der Waals surface area contributed by atoms with Crippen molar-refractivity contribution in [2.24, 2.45) is 0 Å². The normalized spacial score (nSPS) is 17.9. The molecule has 1 radical (unpaired) electrons. The van der Waals surface area contributed by atoms with Crippen molar-refractivity contribution in [2.45, 2.75) is 28.7 Å². The van der Waals surface area contributed by atoms with Gasteiger partial charge in [0, 0.05) is 6.54 Å². The van der Waals surface area contributed by atoms with Gasteiger partial charge in [-0.15, -0.1) is 0 Å². The lowest BCUT2D eigenvalue weighted by molar-refractivity contribution is 0.179. The Hall–Kier alpha value is -1.85. The van der Waals surface area contributed by atoms with Gasteiger partial charge in [-0.3, -0.25) is 5.73 Å².